The summed E-state index contributed by atoms with van der Waals surface area (Å²) in [5, 5.41) is 12.2. The van der Waals surface area contributed by atoms with E-state index in [1.807, 2.05) is 24.3 Å². The van der Waals surface area contributed by atoms with Crippen LogP contribution in [0.3, 0.4) is 0 Å². The number of nitrogens with zero attached hydrogens (tertiary/aromatic N) is 2. The van der Waals surface area contributed by atoms with Gasteiger partial charge in [0.2, 0.25) is 0 Å². The van der Waals surface area contributed by atoms with Crippen molar-refractivity contribution in [2.75, 3.05) is 0 Å². The predicted molar refractivity (Wildman–Crippen MR) is 89.9 cm³/mol. The first-order chi connectivity index (χ1) is 11.6. The van der Waals surface area contributed by atoms with Crippen LogP contribution in [-0.2, 0) is 0 Å². The zero-order valence-corrected chi connectivity index (χ0v) is 12.3. The highest BCUT2D eigenvalue weighted by molar-refractivity contribution is 6.02. The van der Waals surface area contributed by atoms with Crippen molar-refractivity contribution in [2.24, 2.45) is 0 Å². The number of nitro groups is 1. The second-order valence-electron chi connectivity index (χ2n) is 5.31. The highest BCUT2D eigenvalue weighted by Gasteiger charge is 2.12. The third-order valence-electron chi connectivity index (χ3n) is 3.86. The highest BCUT2D eigenvalue weighted by Crippen LogP contribution is 2.26. The fourth-order valence-corrected chi connectivity index (χ4v) is 2.67. The second kappa shape index (κ2) is 5.27. The third-order valence-corrected chi connectivity index (χ3v) is 3.86. The summed E-state index contributed by atoms with van der Waals surface area (Å²) in [6, 6.07) is 14.9. The lowest BCUT2D eigenvalue weighted by Crippen LogP contribution is -2.03. The molecule has 0 N–H and O–H groups in total. The monoisotopic (exact) mass is 318 g/mol. The summed E-state index contributed by atoms with van der Waals surface area (Å²) in [5.41, 5.74) is 1.61. The van der Waals surface area contributed by atoms with Crippen molar-refractivity contribution in [3.8, 4) is 11.1 Å². The lowest BCUT2D eigenvalue weighted by atomic mass is 10.1. The second-order valence-corrected chi connectivity index (χ2v) is 5.31. The molecular formula is C18H10N2O4. The van der Waals surface area contributed by atoms with Crippen LogP contribution in [0.5, 0.6) is 0 Å². The minimum absolute atomic E-state index is 0.0309. The van der Waals surface area contributed by atoms with Crippen LogP contribution >= 0.6 is 0 Å². The van der Waals surface area contributed by atoms with E-state index >= 15 is 0 Å². The van der Waals surface area contributed by atoms with Gasteiger partial charge in [0.25, 0.3) is 5.69 Å². The van der Waals surface area contributed by atoms with Gasteiger partial charge in [-0.2, -0.15) is 0 Å². The number of hydrogen-bond donors (Lipinski definition) is 0. The number of aromatic nitrogens is 1. The molecule has 6 heteroatoms. The summed E-state index contributed by atoms with van der Waals surface area (Å²) in [4.78, 5) is 27.0. The van der Waals surface area contributed by atoms with Crippen LogP contribution < -0.4 is 5.63 Å². The van der Waals surface area contributed by atoms with E-state index in [4.69, 9.17) is 4.42 Å². The average molecular weight is 318 g/mol. The van der Waals surface area contributed by atoms with Crippen LogP contribution in [0.4, 0.5) is 5.69 Å². The van der Waals surface area contributed by atoms with E-state index in [-0.39, 0.29) is 5.69 Å². The summed E-state index contributed by atoms with van der Waals surface area (Å²) in [6.07, 6.45) is 1.65. The molecule has 4 rings (SSSR count). The van der Waals surface area contributed by atoms with E-state index in [9.17, 15) is 14.9 Å². The molecule has 0 unspecified atom stereocenters. The number of nitro benzene ring substituents is 1. The van der Waals surface area contributed by atoms with E-state index in [2.05, 4.69) is 4.98 Å². The van der Waals surface area contributed by atoms with E-state index in [0.29, 0.717) is 22.1 Å². The van der Waals surface area contributed by atoms with Crippen LogP contribution in [0.25, 0.3) is 33.0 Å². The van der Waals surface area contributed by atoms with Crippen LogP contribution in [0, 0.1) is 10.1 Å². The molecule has 0 aliphatic rings. The lowest BCUT2D eigenvalue weighted by molar-refractivity contribution is -0.384. The van der Waals surface area contributed by atoms with Crippen molar-refractivity contribution < 1.29 is 9.34 Å². The topological polar surface area (TPSA) is 86.2 Å². The Morgan fingerprint density at radius 1 is 1.04 bits per heavy atom. The molecule has 0 saturated heterocycles. The Morgan fingerprint density at radius 3 is 2.54 bits per heavy atom. The minimum atomic E-state index is -0.493. The van der Waals surface area contributed by atoms with Crippen molar-refractivity contribution in [3.63, 3.8) is 0 Å². The zero-order chi connectivity index (χ0) is 16.7. The molecular weight excluding hydrogens is 308 g/mol. The zero-order valence-electron chi connectivity index (χ0n) is 12.3. The minimum Gasteiger partial charge on any atom is -0.421 e. The van der Waals surface area contributed by atoms with Gasteiger partial charge in [-0.3, -0.25) is 15.1 Å². The molecule has 6 nitrogen and oxygen atoms in total. The molecule has 24 heavy (non-hydrogen) atoms. The quantitative estimate of drug-likeness (QED) is 0.318. The first-order valence-corrected chi connectivity index (χ1v) is 7.20. The molecule has 116 valence electrons. The van der Waals surface area contributed by atoms with Crippen molar-refractivity contribution in [2.45, 2.75) is 0 Å². The van der Waals surface area contributed by atoms with E-state index in [1.54, 1.807) is 12.3 Å². The van der Waals surface area contributed by atoms with Gasteiger partial charge in [0, 0.05) is 29.1 Å². The van der Waals surface area contributed by atoms with Gasteiger partial charge in [-0.1, -0.05) is 12.1 Å². The Balaban J connectivity index is 1.94. The fourth-order valence-electron chi connectivity index (χ4n) is 2.67. The van der Waals surface area contributed by atoms with Gasteiger partial charge in [0.15, 0.2) is 0 Å². The predicted octanol–water partition coefficient (Wildman–Crippen LogP) is 3.92. The standard InChI is InChI=1S/C18H10N2O4/c21-18-15(11-5-7-13(8-6-11)20(22)23)9-12-10-19-16-4-2-1-3-14(16)17(12)24-18/h1-10H. The maximum atomic E-state index is 12.4. The summed E-state index contributed by atoms with van der Waals surface area (Å²) < 4.78 is 5.51. The maximum Gasteiger partial charge on any atom is 0.344 e. The molecule has 0 amide bonds. The number of rotatable bonds is 2. The SMILES string of the molecule is O=c1oc2c(cnc3ccccc32)cc1-c1ccc([N+](=O)[O-])cc1. The smallest absolute Gasteiger partial charge is 0.344 e. The molecule has 0 spiro atoms. The Bertz CT molecular complexity index is 1150. The molecule has 4 aromatic rings. The van der Waals surface area contributed by atoms with Gasteiger partial charge in [-0.05, 0) is 35.9 Å². The average Bonchev–Trinajstić information content (AvgIpc) is 2.61. The number of hydrogen-bond acceptors (Lipinski definition) is 5. The fraction of sp³-hybridized carbons (Fsp3) is 0. The van der Waals surface area contributed by atoms with Gasteiger partial charge >= 0.3 is 5.63 Å². The van der Waals surface area contributed by atoms with Gasteiger partial charge in [0.05, 0.1) is 16.0 Å². The van der Waals surface area contributed by atoms with Gasteiger partial charge in [0.1, 0.15) is 5.58 Å². The highest BCUT2D eigenvalue weighted by atomic mass is 16.6. The Hall–Kier alpha value is -3.54. The first kappa shape index (κ1) is 14.1. The molecule has 2 heterocycles. The number of pyridine rings is 1. The molecule has 0 atom stereocenters. The number of non-ortho nitro benzene ring substituents is 1. The molecule has 0 fully saturated rings. The van der Waals surface area contributed by atoms with Crippen molar-refractivity contribution in [1.82, 2.24) is 4.98 Å². The number of fused-ring (bicyclic) bond motifs is 3. The van der Waals surface area contributed by atoms with E-state index < -0.39 is 10.5 Å². The van der Waals surface area contributed by atoms with Gasteiger partial charge in [-0.25, -0.2) is 4.79 Å². The van der Waals surface area contributed by atoms with Crippen LogP contribution in [0.1, 0.15) is 0 Å². The maximum absolute atomic E-state index is 12.4. The van der Waals surface area contributed by atoms with Crippen LogP contribution in [0.15, 0.2) is 70.0 Å². The molecule has 0 saturated carbocycles. The molecule has 2 aromatic heterocycles. The lowest BCUT2D eigenvalue weighted by Gasteiger charge is -2.05. The van der Waals surface area contributed by atoms with Crippen molar-refractivity contribution in [3.05, 3.63) is 81.3 Å². The number of benzene rings is 2. The van der Waals surface area contributed by atoms with Crippen molar-refractivity contribution in [1.29, 1.82) is 0 Å². The molecule has 0 aliphatic carbocycles. The Kier molecular flexibility index (Phi) is 3.09. The Labute approximate surface area is 135 Å². The Morgan fingerprint density at radius 2 is 1.79 bits per heavy atom. The molecule has 0 aliphatic heterocycles. The summed E-state index contributed by atoms with van der Waals surface area (Å²) >= 11 is 0. The summed E-state index contributed by atoms with van der Waals surface area (Å²) in [6.45, 7) is 0. The van der Waals surface area contributed by atoms with Crippen LogP contribution in [0.2, 0.25) is 0 Å². The van der Waals surface area contributed by atoms with E-state index in [1.165, 1.54) is 24.3 Å². The summed E-state index contributed by atoms with van der Waals surface area (Å²) in [7, 11) is 0. The molecule has 0 bridgehead atoms. The third kappa shape index (κ3) is 2.21. The van der Waals surface area contributed by atoms with Gasteiger partial charge < -0.3 is 4.42 Å². The van der Waals surface area contributed by atoms with E-state index in [0.717, 1.165) is 10.9 Å². The number of para-hydroxylation sites is 1. The molecule has 0 radical (unpaired) electrons. The summed E-state index contributed by atoms with van der Waals surface area (Å²) in [5.74, 6) is 0. The normalized spacial score (nSPS) is 11.0. The van der Waals surface area contributed by atoms with Gasteiger partial charge in [-0.15, -0.1) is 0 Å². The largest absolute Gasteiger partial charge is 0.421 e. The first-order valence-electron chi connectivity index (χ1n) is 7.20. The van der Waals surface area contributed by atoms with Crippen molar-refractivity contribution >= 4 is 27.6 Å². The van der Waals surface area contributed by atoms with Crippen LogP contribution in [-0.4, -0.2) is 9.91 Å². The molecule has 2 aromatic carbocycles.